The Morgan fingerprint density at radius 2 is 2.16 bits per heavy atom. The second kappa shape index (κ2) is 5.44. The molecule has 2 aromatic rings. The summed E-state index contributed by atoms with van der Waals surface area (Å²) in [6, 6.07) is 4.79. The van der Waals surface area contributed by atoms with Crippen LogP contribution >= 0.6 is 11.3 Å². The number of rotatable bonds is 4. The minimum atomic E-state index is -3.61. The molecule has 0 fully saturated rings. The maximum Gasteiger partial charge on any atom is 0.250 e. The topological polar surface area (TPSA) is 95.7 Å². The molecule has 0 atom stereocenters. The first-order valence-corrected chi connectivity index (χ1v) is 7.58. The van der Waals surface area contributed by atoms with Crippen molar-refractivity contribution in [2.24, 2.45) is 0 Å². The second-order valence-corrected chi connectivity index (χ2v) is 6.78. The number of nitriles is 1. The maximum absolute atomic E-state index is 11.9. The summed E-state index contributed by atoms with van der Waals surface area (Å²) in [6.07, 6.45) is 3.09. The highest BCUT2D eigenvalue weighted by molar-refractivity contribution is 7.91. The van der Waals surface area contributed by atoms with E-state index < -0.39 is 10.0 Å². The van der Waals surface area contributed by atoms with Gasteiger partial charge in [-0.25, -0.2) is 13.1 Å². The fourth-order valence-corrected chi connectivity index (χ4v) is 3.42. The Kier molecular flexibility index (Phi) is 3.90. The highest BCUT2D eigenvalue weighted by Crippen LogP contribution is 2.20. The van der Waals surface area contributed by atoms with E-state index in [1.54, 1.807) is 13.1 Å². The minimum Gasteiger partial charge on any atom is -0.258 e. The summed E-state index contributed by atoms with van der Waals surface area (Å²) in [5.41, 5.74) is 1.30. The summed E-state index contributed by atoms with van der Waals surface area (Å²) in [4.78, 5) is 8.45. The van der Waals surface area contributed by atoms with Crippen LogP contribution in [-0.2, 0) is 16.6 Å². The average molecular weight is 294 g/mol. The number of hydrogen-bond acceptors (Lipinski definition) is 6. The largest absolute Gasteiger partial charge is 0.258 e. The van der Waals surface area contributed by atoms with Gasteiger partial charge in [0.15, 0.2) is 0 Å². The van der Waals surface area contributed by atoms with Gasteiger partial charge in [-0.15, -0.1) is 11.3 Å². The van der Waals surface area contributed by atoms with Crippen LogP contribution in [0.4, 0.5) is 0 Å². The number of nitrogens with one attached hydrogen (secondary N) is 1. The molecule has 2 rings (SSSR count). The second-order valence-electron chi connectivity index (χ2n) is 3.70. The normalized spacial score (nSPS) is 11.2. The summed E-state index contributed by atoms with van der Waals surface area (Å²) in [6.45, 7) is 1.87. The zero-order chi connectivity index (χ0) is 13.9. The molecule has 2 aromatic heterocycles. The van der Waals surface area contributed by atoms with Crippen molar-refractivity contribution in [3.63, 3.8) is 0 Å². The van der Waals surface area contributed by atoms with Crippen molar-refractivity contribution in [3.05, 3.63) is 40.8 Å². The average Bonchev–Trinajstić information content (AvgIpc) is 2.88. The molecule has 0 aliphatic carbocycles. The summed E-state index contributed by atoms with van der Waals surface area (Å²) in [5.74, 6) is 0. The molecule has 0 saturated carbocycles. The minimum absolute atomic E-state index is 0.0649. The van der Waals surface area contributed by atoms with Crippen LogP contribution in [0.1, 0.15) is 16.3 Å². The third-order valence-electron chi connectivity index (χ3n) is 2.23. The van der Waals surface area contributed by atoms with Crippen molar-refractivity contribution >= 4 is 21.4 Å². The van der Waals surface area contributed by atoms with Crippen LogP contribution in [0.25, 0.3) is 0 Å². The number of nitrogens with zero attached hydrogens (tertiary/aromatic N) is 3. The Morgan fingerprint density at radius 1 is 1.37 bits per heavy atom. The SMILES string of the molecule is Cc1cnc(CNS(=O)(=O)c2ccc(C#N)s2)cn1. The summed E-state index contributed by atoms with van der Waals surface area (Å²) in [5, 5.41) is 8.68. The lowest BCUT2D eigenvalue weighted by Gasteiger charge is -2.03. The van der Waals surface area contributed by atoms with Gasteiger partial charge in [0.25, 0.3) is 0 Å². The Morgan fingerprint density at radius 3 is 2.74 bits per heavy atom. The molecule has 0 radical (unpaired) electrons. The summed E-state index contributed by atoms with van der Waals surface area (Å²) < 4.78 is 26.4. The monoisotopic (exact) mass is 294 g/mol. The molecule has 0 aliphatic rings. The van der Waals surface area contributed by atoms with E-state index in [9.17, 15) is 8.42 Å². The van der Waals surface area contributed by atoms with Gasteiger partial charge in [-0.05, 0) is 19.1 Å². The van der Waals surface area contributed by atoms with Gasteiger partial charge in [-0.2, -0.15) is 5.26 Å². The highest BCUT2D eigenvalue weighted by atomic mass is 32.2. The van der Waals surface area contributed by atoms with E-state index in [4.69, 9.17) is 5.26 Å². The van der Waals surface area contributed by atoms with Crippen LogP contribution in [0.2, 0.25) is 0 Å². The molecule has 0 bridgehead atoms. The molecule has 0 aliphatic heterocycles. The lowest BCUT2D eigenvalue weighted by molar-refractivity contribution is 0.582. The third kappa shape index (κ3) is 3.35. The molecule has 0 saturated heterocycles. The lowest BCUT2D eigenvalue weighted by Crippen LogP contribution is -2.23. The van der Waals surface area contributed by atoms with Crippen molar-refractivity contribution in [2.45, 2.75) is 17.7 Å². The van der Waals surface area contributed by atoms with E-state index in [1.807, 2.05) is 6.07 Å². The molecule has 8 heteroatoms. The van der Waals surface area contributed by atoms with Gasteiger partial charge in [0.2, 0.25) is 10.0 Å². The molecule has 0 unspecified atom stereocenters. The van der Waals surface area contributed by atoms with Gasteiger partial charge in [-0.1, -0.05) is 0 Å². The Labute approximate surface area is 114 Å². The van der Waals surface area contributed by atoms with Gasteiger partial charge in [0.05, 0.1) is 24.1 Å². The number of sulfonamides is 1. The van der Waals surface area contributed by atoms with Crippen LogP contribution in [0.15, 0.2) is 28.7 Å². The van der Waals surface area contributed by atoms with E-state index in [0.29, 0.717) is 10.6 Å². The number of aryl methyl sites for hydroxylation is 1. The zero-order valence-electron chi connectivity index (χ0n) is 9.99. The van der Waals surface area contributed by atoms with Gasteiger partial charge >= 0.3 is 0 Å². The van der Waals surface area contributed by atoms with Crippen LogP contribution in [-0.4, -0.2) is 18.4 Å². The molecule has 19 heavy (non-hydrogen) atoms. The van der Waals surface area contributed by atoms with Gasteiger partial charge < -0.3 is 0 Å². The Bertz CT molecular complexity index is 714. The van der Waals surface area contributed by atoms with Gasteiger partial charge in [0, 0.05) is 6.20 Å². The van der Waals surface area contributed by atoms with Gasteiger partial charge in [0.1, 0.15) is 15.2 Å². The number of aromatic nitrogens is 2. The highest BCUT2D eigenvalue weighted by Gasteiger charge is 2.16. The van der Waals surface area contributed by atoms with Crippen molar-refractivity contribution in [1.29, 1.82) is 5.26 Å². The fourth-order valence-electron chi connectivity index (χ4n) is 1.28. The number of hydrogen-bond donors (Lipinski definition) is 1. The quantitative estimate of drug-likeness (QED) is 0.914. The van der Waals surface area contributed by atoms with Crippen LogP contribution < -0.4 is 4.72 Å². The third-order valence-corrected chi connectivity index (χ3v) is 5.12. The molecule has 1 N–H and O–H groups in total. The Hall–Kier alpha value is -1.82. The van der Waals surface area contributed by atoms with E-state index in [1.165, 1.54) is 18.3 Å². The first kappa shape index (κ1) is 13.6. The summed E-state index contributed by atoms with van der Waals surface area (Å²) in [7, 11) is -3.61. The molecule has 98 valence electrons. The van der Waals surface area contributed by atoms with Crippen LogP contribution in [0.5, 0.6) is 0 Å². The molecular formula is C11H10N4O2S2. The smallest absolute Gasteiger partial charge is 0.250 e. The molecule has 6 nitrogen and oxygen atoms in total. The lowest BCUT2D eigenvalue weighted by atomic mass is 10.4. The maximum atomic E-state index is 11.9. The zero-order valence-corrected chi connectivity index (χ0v) is 11.6. The van der Waals surface area contributed by atoms with Crippen molar-refractivity contribution < 1.29 is 8.42 Å². The van der Waals surface area contributed by atoms with Crippen molar-refractivity contribution in [3.8, 4) is 6.07 Å². The standard InChI is InChI=1S/C11H10N4O2S2/c1-8-5-14-9(6-13-8)7-15-19(16,17)11-3-2-10(4-12)18-11/h2-3,5-6,15H,7H2,1H3. The molecule has 0 aromatic carbocycles. The molecular weight excluding hydrogens is 284 g/mol. The van der Waals surface area contributed by atoms with Gasteiger partial charge in [-0.3, -0.25) is 9.97 Å². The van der Waals surface area contributed by atoms with Crippen molar-refractivity contribution in [1.82, 2.24) is 14.7 Å². The predicted octanol–water partition coefficient (Wildman–Crippen LogP) is 1.20. The first-order valence-electron chi connectivity index (χ1n) is 5.28. The van der Waals surface area contributed by atoms with E-state index >= 15 is 0 Å². The number of thiophene rings is 1. The first-order chi connectivity index (χ1) is 9.01. The van der Waals surface area contributed by atoms with E-state index in [2.05, 4.69) is 14.7 Å². The van der Waals surface area contributed by atoms with Crippen molar-refractivity contribution in [2.75, 3.05) is 0 Å². The van der Waals surface area contributed by atoms with Crippen LogP contribution in [0.3, 0.4) is 0 Å². The Balaban J connectivity index is 2.10. The molecule has 2 heterocycles. The van der Waals surface area contributed by atoms with E-state index in [-0.39, 0.29) is 10.8 Å². The van der Waals surface area contributed by atoms with Crippen LogP contribution in [0, 0.1) is 18.3 Å². The molecule has 0 amide bonds. The fraction of sp³-hybridized carbons (Fsp3) is 0.182. The summed E-state index contributed by atoms with van der Waals surface area (Å²) >= 11 is 0.930. The molecule has 0 spiro atoms. The predicted molar refractivity (Wildman–Crippen MR) is 69.8 cm³/mol. The van der Waals surface area contributed by atoms with E-state index in [0.717, 1.165) is 17.0 Å².